The SMILES string of the molecule is CCC[C@@H](O)C(C(=O)N[C@@H](CCNC(=O)OC(C)(C)C)C(=O)N[C@H]1CCNC(=O)[C@H]([C@@H](C)O)NC(=O)[C@H](CCNC(=O)OC(C)(C)C)NC(=O)[C@H](CCNC(=O)OC(C)(C)C)NC(=O)[C@H](CC(C)C)NC(=O)[C@@H](Cc2ccccc2)NC[C@H](CCNC(=O)OC(C)(C)C)NC1=O)C(O)NC(=O)OC(C)(C)C. The zero-order valence-corrected chi connectivity index (χ0v) is 65.2. The van der Waals surface area contributed by atoms with Crippen molar-refractivity contribution in [2.75, 3.05) is 39.3 Å². The third-order valence-corrected chi connectivity index (χ3v) is 15.0. The summed E-state index contributed by atoms with van der Waals surface area (Å²) in [5.74, 6) is -10.3. The van der Waals surface area contributed by atoms with Gasteiger partial charge in [-0.25, -0.2) is 24.0 Å². The largest absolute Gasteiger partial charge is 0.444 e. The maximum absolute atomic E-state index is 15.2. The van der Waals surface area contributed by atoms with Crippen molar-refractivity contribution in [2.45, 2.75) is 284 Å². The van der Waals surface area contributed by atoms with E-state index in [1.165, 1.54) is 0 Å². The number of carbonyl (C=O) groups excluding carboxylic acids is 13. The number of aliphatic hydroxyl groups is 3. The second-order valence-corrected chi connectivity index (χ2v) is 31.4. The molecule has 1 aromatic carbocycles. The van der Waals surface area contributed by atoms with Gasteiger partial charge in [-0.15, -0.1) is 0 Å². The van der Waals surface area contributed by atoms with E-state index < -0.39 is 211 Å². The average Bonchev–Trinajstić information content (AvgIpc) is 0.851. The lowest BCUT2D eigenvalue weighted by molar-refractivity contribution is -0.139. The van der Waals surface area contributed by atoms with E-state index in [2.05, 4.69) is 74.4 Å². The van der Waals surface area contributed by atoms with Gasteiger partial charge in [-0.1, -0.05) is 57.5 Å². The molecule has 1 aliphatic rings. The fourth-order valence-electron chi connectivity index (χ4n) is 10.2. The van der Waals surface area contributed by atoms with Gasteiger partial charge in [-0.2, -0.15) is 0 Å². The molecule has 1 saturated heterocycles. The average molecular weight is 1510 g/mol. The van der Waals surface area contributed by atoms with Crippen molar-refractivity contribution >= 4 is 77.7 Å². The van der Waals surface area contributed by atoms with Gasteiger partial charge in [0.05, 0.1) is 18.2 Å². The number of ether oxygens (including phenoxy) is 5. The minimum absolute atomic E-state index is 0.0220. The fourth-order valence-corrected chi connectivity index (χ4v) is 10.2. The number of amides is 13. The fraction of sp³-hybridized carbons (Fsp3) is 0.732. The van der Waals surface area contributed by atoms with E-state index in [1.807, 2.05) is 0 Å². The first-order valence-corrected chi connectivity index (χ1v) is 36.0. The summed E-state index contributed by atoms with van der Waals surface area (Å²) in [4.78, 5) is 183. The Labute approximate surface area is 622 Å². The van der Waals surface area contributed by atoms with Crippen molar-refractivity contribution in [3.8, 4) is 0 Å². The van der Waals surface area contributed by atoms with E-state index in [0.29, 0.717) is 5.56 Å². The van der Waals surface area contributed by atoms with E-state index >= 15 is 14.4 Å². The van der Waals surface area contributed by atoms with Crippen LogP contribution in [-0.2, 0) is 68.5 Å². The summed E-state index contributed by atoms with van der Waals surface area (Å²) in [5.41, 5.74) is -4.27. The number of aliphatic hydroxyl groups excluding tert-OH is 3. The van der Waals surface area contributed by atoms with Gasteiger partial charge in [-0.3, -0.25) is 43.7 Å². The Balaban J connectivity index is 3.08. The Bertz CT molecular complexity index is 3050. The van der Waals surface area contributed by atoms with Crippen LogP contribution in [0.15, 0.2) is 30.3 Å². The molecule has 602 valence electrons. The van der Waals surface area contributed by atoms with Gasteiger partial charge in [0.1, 0.15) is 76.4 Å². The highest BCUT2D eigenvalue weighted by Gasteiger charge is 2.40. The van der Waals surface area contributed by atoms with Gasteiger partial charge in [-0.05, 0) is 174 Å². The van der Waals surface area contributed by atoms with Gasteiger partial charge >= 0.3 is 30.5 Å². The van der Waals surface area contributed by atoms with Gasteiger partial charge < -0.3 is 108 Å². The first kappa shape index (κ1) is 93.3. The Hall–Kier alpha value is -8.83. The number of rotatable bonds is 26. The second-order valence-electron chi connectivity index (χ2n) is 31.4. The monoisotopic (exact) mass is 1510 g/mol. The predicted molar refractivity (Wildman–Crippen MR) is 389 cm³/mol. The number of nitrogens with one attached hydrogen (secondary N) is 14. The Kier molecular flexibility index (Phi) is 38.5. The number of hydrogen-bond donors (Lipinski definition) is 17. The zero-order valence-electron chi connectivity index (χ0n) is 65.2. The predicted octanol–water partition coefficient (Wildman–Crippen LogP) is 1.81. The van der Waals surface area contributed by atoms with Crippen LogP contribution in [0.1, 0.15) is 188 Å². The van der Waals surface area contributed by atoms with Gasteiger partial charge in [0.2, 0.25) is 47.3 Å². The van der Waals surface area contributed by atoms with E-state index in [-0.39, 0.29) is 70.6 Å². The molecular formula is C71H122N14O21. The van der Waals surface area contributed by atoms with Gasteiger partial charge in [0.25, 0.3) is 0 Å². The topological polar surface area (TPSA) is 497 Å². The minimum atomic E-state index is -2.13. The molecule has 0 bridgehead atoms. The lowest BCUT2D eigenvalue weighted by Gasteiger charge is -2.31. The number of benzene rings is 1. The van der Waals surface area contributed by atoms with E-state index in [1.54, 1.807) is 155 Å². The first-order chi connectivity index (χ1) is 48.9. The smallest absolute Gasteiger partial charge is 0.409 e. The van der Waals surface area contributed by atoms with Crippen LogP contribution in [0.5, 0.6) is 0 Å². The van der Waals surface area contributed by atoms with Crippen LogP contribution < -0.4 is 74.4 Å². The first-order valence-electron chi connectivity index (χ1n) is 36.0. The molecule has 12 atom stereocenters. The molecule has 0 aliphatic carbocycles. The quantitative estimate of drug-likeness (QED) is 0.0464. The molecule has 2 unspecified atom stereocenters. The zero-order chi connectivity index (χ0) is 80.7. The molecule has 1 heterocycles. The highest BCUT2D eigenvalue weighted by molar-refractivity contribution is 5.97. The second kappa shape index (κ2) is 43.7. The van der Waals surface area contributed by atoms with Crippen LogP contribution in [0.4, 0.5) is 24.0 Å². The Morgan fingerprint density at radius 1 is 0.500 bits per heavy atom. The standard InChI is InChI=1S/C71H122N14O21/c1-20-24-50(87)51(60(95)85-66(101)106-71(17,18)19)59(94)82-46(30-35-75-64(99)104-69(11,12)13)55(90)79-44-28-33-72-61(96)52(41(4)86)84-56(91)47(31-36-76-65(100)105-70(14,15)16)80-54(89)45(29-34-74-63(98)103-68(8,9)10)81-58(93)49(37-40(2)3)83-57(92)48(38-42-25-22-21-23-26-42)77-39-43(78-53(44)88)27-32-73-62(97)102-67(5,6)7/h21-23,25-26,40-41,43-52,60,77,86-87,95H,20,24,27-39H2,1-19H3,(H,72,96)(H,73,97)(H,74,98)(H,75,99)(H,76,100)(H,78,88)(H,79,90)(H,80,89)(H,81,93)(H,82,94)(H,83,92)(H,84,91)(H,85,101)/t41-,43+,44+,45+,46+,47+,48-,49+,50-,51?,52+,60?/m1/s1. The van der Waals surface area contributed by atoms with Crippen LogP contribution in [0, 0.1) is 11.8 Å². The van der Waals surface area contributed by atoms with Crippen molar-refractivity contribution < 1.29 is 101 Å². The highest BCUT2D eigenvalue weighted by atomic mass is 16.6. The number of alkyl carbamates (subject to hydrolysis) is 5. The summed E-state index contributed by atoms with van der Waals surface area (Å²) in [7, 11) is 0. The molecular weight excluding hydrogens is 1380 g/mol. The highest BCUT2D eigenvalue weighted by Crippen LogP contribution is 2.18. The summed E-state index contributed by atoms with van der Waals surface area (Å²) >= 11 is 0. The Morgan fingerprint density at radius 3 is 1.40 bits per heavy atom. The van der Waals surface area contributed by atoms with E-state index in [9.17, 15) is 63.3 Å². The lowest BCUT2D eigenvalue weighted by Crippen LogP contribution is -2.61. The van der Waals surface area contributed by atoms with Crippen LogP contribution >= 0.6 is 0 Å². The van der Waals surface area contributed by atoms with Gasteiger partial charge in [0, 0.05) is 45.3 Å². The summed E-state index contributed by atoms with van der Waals surface area (Å²) in [6.45, 7) is 28.4. The van der Waals surface area contributed by atoms with Gasteiger partial charge in [0.15, 0.2) is 0 Å². The molecule has 13 amide bonds. The van der Waals surface area contributed by atoms with Crippen molar-refractivity contribution in [1.82, 2.24) is 74.4 Å². The summed E-state index contributed by atoms with van der Waals surface area (Å²) in [5, 5.41) is 70.6. The Morgan fingerprint density at radius 2 is 0.934 bits per heavy atom. The number of carbonyl (C=O) groups is 13. The minimum Gasteiger partial charge on any atom is -0.444 e. The van der Waals surface area contributed by atoms with Crippen molar-refractivity contribution in [3.05, 3.63) is 35.9 Å². The molecule has 1 fully saturated rings. The summed E-state index contributed by atoms with van der Waals surface area (Å²) < 4.78 is 26.9. The van der Waals surface area contributed by atoms with Crippen LogP contribution in [-0.4, -0.2) is 227 Å². The van der Waals surface area contributed by atoms with E-state index in [4.69, 9.17) is 23.7 Å². The molecule has 35 heteroatoms. The summed E-state index contributed by atoms with van der Waals surface area (Å²) in [6.07, 6.45) is -12.0. The van der Waals surface area contributed by atoms with Crippen LogP contribution in [0.2, 0.25) is 0 Å². The van der Waals surface area contributed by atoms with Crippen LogP contribution in [0.25, 0.3) is 0 Å². The van der Waals surface area contributed by atoms with Crippen molar-refractivity contribution in [2.24, 2.45) is 11.8 Å². The maximum atomic E-state index is 15.2. The molecule has 0 aromatic heterocycles. The third-order valence-electron chi connectivity index (χ3n) is 15.0. The molecule has 106 heavy (non-hydrogen) atoms. The van der Waals surface area contributed by atoms with Crippen molar-refractivity contribution in [3.63, 3.8) is 0 Å². The van der Waals surface area contributed by atoms with Crippen LogP contribution in [0.3, 0.4) is 0 Å². The lowest BCUT2D eigenvalue weighted by atomic mass is 9.95. The molecule has 1 aliphatic heterocycles. The molecule has 17 N–H and O–H groups in total. The molecule has 35 nitrogen and oxygen atoms in total. The molecule has 2 rings (SSSR count). The summed E-state index contributed by atoms with van der Waals surface area (Å²) in [6, 6.07) is -3.69. The third kappa shape index (κ3) is 39.5. The van der Waals surface area contributed by atoms with Crippen molar-refractivity contribution in [1.29, 1.82) is 0 Å². The van der Waals surface area contributed by atoms with E-state index in [0.717, 1.165) is 6.92 Å². The molecule has 0 radical (unpaired) electrons. The molecule has 1 aromatic rings. The molecule has 0 saturated carbocycles. The molecule has 0 spiro atoms. The normalized spacial score (nSPS) is 20.9. The number of hydrogen-bond acceptors (Lipinski definition) is 22. The maximum Gasteiger partial charge on any atom is 0.409 e.